The van der Waals surface area contributed by atoms with Crippen molar-refractivity contribution in [1.82, 2.24) is 5.43 Å². The van der Waals surface area contributed by atoms with Gasteiger partial charge in [-0.15, -0.1) is 0 Å². The maximum atomic E-state index is 8.63. The monoisotopic (exact) mass is 270 g/mol. The van der Waals surface area contributed by atoms with Gasteiger partial charge in [0, 0.05) is 4.47 Å². The lowest BCUT2D eigenvalue weighted by molar-refractivity contribution is 1.04. The zero-order chi connectivity index (χ0) is 10.6. The lowest BCUT2D eigenvalue weighted by Crippen LogP contribution is -2.34. The van der Waals surface area contributed by atoms with Crippen LogP contribution in [0.25, 0.3) is 0 Å². The van der Waals surface area contributed by atoms with Gasteiger partial charge >= 0.3 is 0 Å². The van der Waals surface area contributed by atoms with Crippen molar-refractivity contribution >= 4 is 38.9 Å². The van der Waals surface area contributed by atoms with Gasteiger partial charge in [0.05, 0.1) is 17.3 Å². The number of nitrogens with one attached hydrogen (secondary N) is 2. The number of nitrogens with two attached hydrogens (primary N) is 1. The molecule has 0 radical (unpaired) electrons. The number of hydrazine groups is 1. The summed E-state index contributed by atoms with van der Waals surface area (Å²) in [6.45, 7) is 0. The zero-order valence-corrected chi connectivity index (χ0v) is 9.45. The Morgan fingerprint density at radius 3 is 2.79 bits per heavy atom. The van der Waals surface area contributed by atoms with E-state index in [9.17, 15) is 0 Å². The van der Waals surface area contributed by atoms with E-state index in [-0.39, 0.29) is 0 Å². The molecule has 72 valence electrons. The molecule has 6 heteroatoms. The van der Waals surface area contributed by atoms with Crippen LogP contribution in [0.15, 0.2) is 22.7 Å². The lowest BCUT2D eigenvalue weighted by atomic mass is 10.2. The molecule has 4 nitrogen and oxygen atoms in total. The van der Waals surface area contributed by atoms with Gasteiger partial charge in [-0.25, -0.2) is 5.84 Å². The van der Waals surface area contributed by atoms with E-state index in [1.54, 1.807) is 18.2 Å². The first-order valence-electron chi connectivity index (χ1n) is 3.64. The first kappa shape index (κ1) is 10.9. The molecule has 0 saturated heterocycles. The van der Waals surface area contributed by atoms with E-state index in [0.717, 1.165) is 10.2 Å². The molecule has 1 aromatic carbocycles. The lowest BCUT2D eigenvalue weighted by Gasteiger charge is -2.08. The van der Waals surface area contributed by atoms with Gasteiger partial charge < -0.3 is 10.7 Å². The van der Waals surface area contributed by atoms with Crippen LogP contribution in [0, 0.1) is 11.3 Å². The van der Waals surface area contributed by atoms with Crippen LogP contribution in [-0.2, 0) is 0 Å². The number of benzene rings is 1. The fourth-order valence-electron chi connectivity index (χ4n) is 0.844. The molecular formula is C8H7BrN4S. The molecule has 1 aromatic rings. The molecule has 14 heavy (non-hydrogen) atoms. The molecule has 0 heterocycles. The molecule has 0 fully saturated rings. The van der Waals surface area contributed by atoms with Crippen molar-refractivity contribution in [3.8, 4) is 6.07 Å². The fraction of sp³-hybridized carbons (Fsp3) is 0. The summed E-state index contributed by atoms with van der Waals surface area (Å²) >= 11 is 8.13. The quantitative estimate of drug-likeness (QED) is 0.410. The Bertz CT molecular complexity index is 399. The summed E-state index contributed by atoms with van der Waals surface area (Å²) in [5.41, 5.74) is 3.64. The fourth-order valence-corrected chi connectivity index (χ4v) is 1.43. The van der Waals surface area contributed by atoms with E-state index >= 15 is 0 Å². The van der Waals surface area contributed by atoms with Crippen LogP contribution in [0.3, 0.4) is 0 Å². The van der Waals surface area contributed by atoms with Crippen molar-refractivity contribution in [3.63, 3.8) is 0 Å². The molecule has 0 saturated carbocycles. The minimum Gasteiger partial charge on any atom is -0.331 e. The molecule has 4 N–H and O–H groups in total. The average molecular weight is 271 g/mol. The molecular weight excluding hydrogens is 264 g/mol. The van der Waals surface area contributed by atoms with Crippen molar-refractivity contribution in [2.75, 3.05) is 5.32 Å². The number of nitrogens with zero attached hydrogens (tertiary/aromatic N) is 1. The van der Waals surface area contributed by atoms with Crippen LogP contribution in [0.5, 0.6) is 0 Å². The second kappa shape index (κ2) is 4.91. The third kappa shape index (κ3) is 2.67. The second-order valence-electron chi connectivity index (χ2n) is 2.40. The number of halogens is 1. The first-order valence-corrected chi connectivity index (χ1v) is 4.84. The summed E-state index contributed by atoms with van der Waals surface area (Å²) in [7, 11) is 0. The maximum Gasteiger partial charge on any atom is 0.185 e. The highest BCUT2D eigenvalue weighted by Crippen LogP contribution is 2.23. The smallest absolute Gasteiger partial charge is 0.185 e. The van der Waals surface area contributed by atoms with Crippen LogP contribution >= 0.6 is 28.1 Å². The van der Waals surface area contributed by atoms with Crippen molar-refractivity contribution in [2.45, 2.75) is 0 Å². The summed E-state index contributed by atoms with van der Waals surface area (Å²) in [6.07, 6.45) is 0. The van der Waals surface area contributed by atoms with Crippen molar-refractivity contribution < 1.29 is 0 Å². The third-order valence-corrected chi connectivity index (χ3v) is 2.35. The van der Waals surface area contributed by atoms with Gasteiger partial charge in [0.25, 0.3) is 0 Å². The number of thiocarbonyl (C=S) groups is 1. The van der Waals surface area contributed by atoms with Crippen LogP contribution in [0.4, 0.5) is 5.69 Å². The molecule has 1 rings (SSSR count). The normalized spacial score (nSPS) is 8.93. The highest BCUT2D eigenvalue weighted by molar-refractivity contribution is 9.10. The van der Waals surface area contributed by atoms with E-state index in [1.807, 2.05) is 6.07 Å². The van der Waals surface area contributed by atoms with E-state index < -0.39 is 0 Å². The van der Waals surface area contributed by atoms with Crippen LogP contribution in [0.1, 0.15) is 5.56 Å². The van der Waals surface area contributed by atoms with Crippen LogP contribution in [0.2, 0.25) is 0 Å². The highest BCUT2D eigenvalue weighted by atomic mass is 79.9. The summed E-state index contributed by atoms with van der Waals surface area (Å²) in [5, 5.41) is 11.8. The van der Waals surface area contributed by atoms with E-state index in [4.69, 9.17) is 23.3 Å². The van der Waals surface area contributed by atoms with E-state index in [1.165, 1.54) is 0 Å². The third-order valence-electron chi connectivity index (χ3n) is 1.48. The number of anilines is 1. The second-order valence-corrected chi connectivity index (χ2v) is 3.67. The molecule has 0 unspecified atom stereocenters. The molecule has 0 aliphatic rings. The van der Waals surface area contributed by atoms with Gasteiger partial charge in [0.15, 0.2) is 5.11 Å². The minimum atomic E-state index is 0.315. The molecule has 0 aliphatic heterocycles. The van der Waals surface area contributed by atoms with Gasteiger partial charge in [-0.1, -0.05) is 0 Å². The van der Waals surface area contributed by atoms with Gasteiger partial charge in [-0.2, -0.15) is 5.26 Å². The summed E-state index contributed by atoms with van der Waals surface area (Å²) < 4.78 is 0.758. The highest BCUT2D eigenvalue weighted by Gasteiger charge is 2.02. The number of nitriles is 1. The zero-order valence-electron chi connectivity index (χ0n) is 7.04. The van der Waals surface area contributed by atoms with Crippen LogP contribution < -0.4 is 16.6 Å². The average Bonchev–Trinajstić information content (AvgIpc) is 2.20. The molecule has 0 amide bonds. The standard InChI is InChI=1S/C8H7BrN4S/c9-6-3-5(4-10)1-2-7(6)12-8(14)13-11/h1-3H,11H2,(H2,12,13,14). The molecule has 0 spiro atoms. The minimum absolute atomic E-state index is 0.315. The van der Waals surface area contributed by atoms with Crippen molar-refractivity contribution in [1.29, 1.82) is 5.26 Å². The van der Waals surface area contributed by atoms with Gasteiger partial charge in [-0.3, -0.25) is 0 Å². The summed E-state index contributed by atoms with van der Waals surface area (Å²) in [4.78, 5) is 0. The Hall–Kier alpha value is -1.16. The molecule has 0 aliphatic carbocycles. The molecule has 0 atom stereocenters. The van der Waals surface area contributed by atoms with Gasteiger partial charge in [0.2, 0.25) is 0 Å². The first-order chi connectivity index (χ1) is 6.67. The number of rotatable bonds is 1. The Morgan fingerprint density at radius 1 is 1.57 bits per heavy atom. The Morgan fingerprint density at radius 2 is 2.29 bits per heavy atom. The predicted molar refractivity (Wildman–Crippen MR) is 62.4 cm³/mol. The van der Waals surface area contributed by atoms with Gasteiger partial charge in [0.1, 0.15) is 0 Å². The number of hydrogen-bond donors (Lipinski definition) is 3. The maximum absolute atomic E-state index is 8.63. The SMILES string of the molecule is N#Cc1ccc(NC(=S)NN)c(Br)c1. The molecule has 0 aromatic heterocycles. The summed E-state index contributed by atoms with van der Waals surface area (Å²) in [6, 6.07) is 7.16. The van der Waals surface area contributed by atoms with E-state index in [0.29, 0.717) is 10.7 Å². The van der Waals surface area contributed by atoms with Gasteiger partial charge in [-0.05, 0) is 46.3 Å². The van der Waals surface area contributed by atoms with Crippen molar-refractivity contribution in [3.05, 3.63) is 28.2 Å². The Kier molecular flexibility index (Phi) is 3.83. The van der Waals surface area contributed by atoms with Crippen molar-refractivity contribution in [2.24, 2.45) is 5.84 Å². The van der Waals surface area contributed by atoms with Crippen LogP contribution in [-0.4, -0.2) is 5.11 Å². The van der Waals surface area contributed by atoms with E-state index in [2.05, 4.69) is 26.7 Å². The Labute approximate surface area is 95.2 Å². The largest absolute Gasteiger partial charge is 0.331 e. The Balaban J connectivity index is 2.90. The predicted octanol–water partition coefficient (Wildman–Crippen LogP) is 1.48. The summed E-state index contributed by atoms with van der Waals surface area (Å²) in [5.74, 6) is 5.10. The number of hydrogen-bond acceptors (Lipinski definition) is 3. The molecule has 0 bridgehead atoms. The topological polar surface area (TPSA) is 73.9 Å².